The van der Waals surface area contributed by atoms with Crippen molar-refractivity contribution < 1.29 is 9.53 Å². The molecule has 5 rings (SSSR count). The minimum absolute atomic E-state index is 0.0437. The SMILES string of the molecule is CC1(C)C[C@H]2N(C(=O)c3cccc(COc4cccc5ccccc45)n3)C[C@@]2(C)C1. The van der Waals surface area contributed by atoms with Crippen molar-refractivity contribution in [3.05, 3.63) is 72.1 Å². The first kappa shape index (κ1) is 19.1. The molecule has 0 bridgehead atoms. The third-order valence-corrected chi connectivity index (χ3v) is 6.75. The summed E-state index contributed by atoms with van der Waals surface area (Å²) in [5.74, 6) is 0.875. The summed E-state index contributed by atoms with van der Waals surface area (Å²) in [6.45, 7) is 8.10. The average molecular weight is 401 g/mol. The maximum absolute atomic E-state index is 13.1. The molecule has 2 fully saturated rings. The van der Waals surface area contributed by atoms with Crippen LogP contribution < -0.4 is 4.74 Å². The zero-order valence-corrected chi connectivity index (χ0v) is 17.9. The maximum Gasteiger partial charge on any atom is 0.272 e. The molecule has 0 unspecified atom stereocenters. The van der Waals surface area contributed by atoms with Gasteiger partial charge in [0.05, 0.1) is 5.69 Å². The second-order valence-electron chi connectivity index (χ2n) is 9.93. The Morgan fingerprint density at radius 1 is 1.07 bits per heavy atom. The standard InChI is InChI=1S/C26H28N2O2/c1-25(2)14-23-26(3,16-25)17-28(23)24(29)21-12-7-10-19(27-21)15-30-22-13-6-9-18-8-4-5-11-20(18)22/h4-13,23H,14-17H2,1-3H3/t23-,26-/m1/s1. The minimum atomic E-state index is 0.0437. The van der Waals surface area contributed by atoms with Gasteiger partial charge in [0.25, 0.3) is 5.91 Å². The molecule has 1 aromatic heterocycles. The van der Waals surface area contributed by atoms with Crippen molar-refractivity contribution in [3.8, 4) is 5.75 Å². The Hall–Kier alpha value is -2.88. The smallest absolute Gasteiger partial charge is 0.272 e. The number of hydrogen-bond acceptors (Lipinski definition) is 3. The van der Waals surface area contributed by atoms with Crippen LogP contribution in [0.2, 0.25) is 0 Å². The van der Waals surface area contributed by atoms with Gasteiger partial charge in [0.1, 0.15) is 18.1 Å². The molecule has 1 amide bonds. The Balaban J connectivity index is 1.31. The molecule has 154 valence electrons. The highest BCUT2D eigenvalue weighted by Gasteiger charge is 2.59. The van der Waals surface area contributed by atoms with Crippen molar-refractivity contribution in [1.82, 2.24) is 9.88 Å². The molecule has 4 nitrogen and oxygen atoms in total. The van der Waals surface area contributed by atoms with E-state index in [4.69, 9.17) is 4.74 Å². The van der Waals surface area contributed by atoms with E-state index in [0.29, 0.717) is 23.8 Å². The van der Waals surface area contributed by atoms with E-state index in [2.05, 4.69) is 44.0 Å². The van der Waals surface area contributed by atoms with Gasteiger partial charge in [0.15, 0.2) is 0 Å². The molecule has 1 saturated heterocycles. The summed E-state index contributed by atoms with van der Waals surface area (Å²) in [7, 11) is 0. The molecule has 4 heteroatoms. The molecule has 2 aromatic carbocycles. The monoisotopic (exact) mass is 400 g/mol. The van der Waals surface area contributed by atoms with Crippen molar-refractivity contribution >= 4 is 16.7 Å². The van der Waals surface area contributed by atoms with Gasteiger partial charge >= 0.3 is 0 Å². The van der Waals surface area contributed by atoms with Crippen LogP contribution in [0.25, 0.3) is 10.8 Å². The lowest BCUT2D eigenvalue weighted by molar-refractivity contribution is -0.0220. The van der Waals surface area contributed by atoms with E-state index in [0.717, 1.165) is 35.2 Å². The second-order valence-corrected chi connectivity index (χ2v) is 9.93. The Morgan fingerprint density at radius 2 is 1.83 bits per heavy atom. The molecule has 2 aliphatic rings. The van der Waals surface area contributed by atoms with Crippen LogP contribution in [-0.2, 0) is 6.61 Å². The van der Waals surface area contributed by atoms with Crippen molar-refractivity contribution in [3.63, 3.8) is 0 Å². The zero-order chi connectivity index (χ0) is 20.9. The van der Waals surface area contributed by atoms with Crippen LogP contribution in [0, 0.1) is 10.8 Å². The zero-order valence-electron chi connectivity index (χ0n) is 17.9. The van der Waals surface area contributed by atoms with Crippen LogP contribution in [-0.4, -0.2) is 28.4 Å². The summed E-state index contributed by atoms with van der Waals surface area (Å²) in [5.41, 5.74) is 1.84. The number of hydrogen-bond donors (Lipinski definition) is 0. The molecule has 30 heavy (non-hydrogen) atoms. The molecule has 1 aliphatic heterocycles. The molecular weight excluding hydrogens is 372 g/mol. The van der Waals surface area contributed by atoms with E-state index in [1.807, 2.05) is 47.4 Å². The van der Waals surface area contributed by atoms with Crippen LogP contribution in [0.3, 0.4) is 0 Å². The molecule has 0 N–H and O–H groups in total. The summed E-state index contributed by atoms with van der Waals surface area (Å²) in [6.07, 6.45) is 2.25. The number of benzene rings is 2. The minimum Gasteiger partial charge on any atom is -0.487 e. The first-order chi connectivity index (χ1) is 14.3. The number of carbonyl (C=O) groups excluding carboxylic acids is 1. The van der Waals surface area contributed by atoms with Gasteiger partial charge in [-0.25, -0.2) is 4.98 Å². The molecule has 3 aromatic rings. The Bertz CT molecular complexity index is 1120. The highest BCUT2D eigenvalue weighted by Crippen LogP contribution is 2.57. The summed E-state index contributed by atoms with van der Waals surface area (Å²) < 4.78 is 6.07. The van der Waals surface area contributed by atoms with Gasteiger partial charge < -0.3 is 9.64 Å². The fourth-order valence-corrected chi connectivity index (χ4v) is 5.60. The van der Waals surface area contributed by atoms with E-state index < -0.39 is 0 Å². The number of amides is 1. The molecule has 2 atom stereocenters. The van der Waals surface area contributed by atoms with Gasteiger partial charge in [-0.05, 0) is 41.8 Å². The van der Waals surface area contributed by atoms with Crippen molar-refractivity contribution in [2.75, 3.05) is 6.54 Å². The second kappa shape index (κ2) is 6.83. The van der Waals surface area contributed by atoms with E-state index in [-0.39, 0.29) is 11.3 Å². The van der Waals surface area contributed by atoms with Crippen molar-refractivity contribution in [1.29, 1.82) is 0 Å². The van der Waals surface area contributed by atoms with E-state index in [9.17, 15) is 4.79 Å². The van der Waals surface area contributed by atoms with Gasteiger partial charge in [-0.1, -0.05) is 63.2 Å². The number of nitrogens with zero attached hydrogens (tertiary/aromatic N) is 2. The largest absolute Gasteiger partial charge is 0.487 e. The van der Waals surface area contributed by atoms with Gasteiger partial charge in [-0.15, -0.1) is 0 Å². The predicted octanol–water partition coefficient (Wildman–Crippen LogP) is 5.46. The predicted molar refractivity (Wildman–Crippen MR) is 118 cm³/mol. The Kier molecular flexibility index (Phi) is 4.35. The number of ether oxygens (including phenoxy) is 1. The topological polar surface area (TPSA) is 42.4 Å². The number of aromatic nitrogens is 1. The highest BCUT2D eigenvalue weighted by molar-refractivity contribution is 5.93. The third-order valence-electron chi connectivity index (χ3n) is 6.75. The van der Waals surface area contributed by atoms with Gasteiger partial charge in [-0.2, -0.15) is 0 Å². The van der Waals surface area contributed by atoms with Crippen LogP contribution in [0.4, 0.5) is 0 Å². The van der Waals surface area contributed by atoms with Gasteiger partial charge in [-0.3, -0.25) is 4.79 Å². The van der Waals surface area contributed by atoms with Crippen LogP contribution in [0.15, 0.2) is 60.7 Å². The number of pyridine rings is 1. The number of likely N-dealkylation sites (tertiary alicyclic amines) is 1. The number of rotatable bonds is 4. The summed E-state index contributed by atoms with van der Waals surface area (Å²) >= 11 is 0. The van der Waals surface area contributed by atoms with Crippen molar-refractivity contribution in [2.24, 2.45) is 10.8 Å². The molecule has 1 aliphatic carbocycles. The van der Waals surface area contributed by atoms with E-state index in [1.165, 1.54) is 6.42 Å². The number of fused-ring (bicyclic) bond motifs is 2. The summed E-state index contributed by atoms with van der Waals surface area (Å²) in [4.78, 5) is 19.8. The Morgan fingerprint density at radius 3 is 2.67 bits per heavy atom. The fraction of sp³-hybridized carbons (Fsp3) is 0.385. The quantitative estimate of drug-likeness (QED) is 0.584. The fourth-order valence-electron chi connectivity index (χ4n) is 5.60. The maximum atomic E-state index is 13.1. The van der Waals surface area contributed by atoms with Crippen molar-refractivity contribution in [2.45, 2.75) is 46.3 Å². The highest BCUT2D eigenvalue weighted by atomic mass is 16.5. The normalized spacial score (nSPS) is 24.4. The van der Waals surface area contributed by atoms with Crippen LogP contribution in [0.5, 0.6) is 5.75 Å². The third kappa shape index (κ3) is 3.24. The summed E-state index contributed by atoms with van der Waals surface area (Å²) in [5, 5.41) is 2.23. The Labute approximate surface area is 177 Å². The molecule has 1 saturated carbocycles. The first-order valence-electron chi connectivity index (χ1n) is 10.7. The molecule has 2 heterocycles. The lowest BCUT2D eigenvalue weighted by Crippen LogP contribution is -2.62. The van der Waals surface area contributed by atoms with Gasteiger partial charge in [0, 0.05) is 23.4 Å². The van der Waals surface area contributed by atoms with Crippen LogP contribution in [0.1, 0.15) is 49.8 Å². The van der Waals surface area contributed by atoms with Gasteiger partial charge in [0.2, 0.25) is 0 Å². The lowest BCUT2D eigenvalue weighted by atomic mass is 9.74. The average Bonchev–Trinajstić information content (AvgIpc) is 2.92. The molecular formula is C26H28N2O2. The molecule has 0 radical (unpaired) electrons. The van der Waals surface area contributed by atoms with Crippen LogP contribution >= 0.6 is 0 Å². The first-order valence-corrected chi connectivity index (χ1v) is 10.7. The number of carbonyl (C=O) groups is 1. The van der Waals surface area contributed by atoms with E-state index >= 15 is 0 Å². The lowest BCUT2D eigenvalue weighted by Gasteiger charge is -2.52. The summed E-state index contributed by atoms with van der Waals surface area (Å²) in [6, 6.07) is 20.2. The molecule has 0 spiro atoms. The van der Waals surface area contributed by atoms with E-state index in [1.54, 1.807) is 0 Å².